The molecule has 3 rings (SSSR count). The average Bonchev–Trinajstić information content (AvgIpc) is 2.89. The molecule has 0 aromatic carbocycles. The van der Waals surface area contributed by atoms with Crippen molar-refractivity contribution in [3.63, 3.8) is 0 Å². The van der Waals surface area contributed by atoms with E-state index in [0.717, 1.165) is 17.7 Å². The normalized spacial score (nSPS) is 24.8. The third-order valence-electron chi connectivity index (χ3n) is 4.10. The lowest BCUT2D eigenvalue weighted by molar-refractivity contribution is 0.0392. The van der Waals surface area contributed by atoms with E-state index >= 15 is 0 Å². The Labute approximate surface area is 136 Å². The third kappa shape index (κ3) is 3.16. The zero-order valence-corrected chi connectivity index (χ0v) is 14.4. The van der Waals surface area contributed by atoms with Crippen LogP contribution in [0.25, 0.3) is 0 Å². The van der Waals surface area contributed by atoms with Gasteiger partial charge in [0.25, 0.3) is 10.2 Å². The summed E-state index contributed by atoms with van der Waals surface area (Å²) in [4.78, 5) is 4.08. The maximum Gasteiger partial charge on any atom is 0.281 e. The van der Waals surface area contributed by atoms with Gasteiger partial charge in [-0.25, -0.2) is 0 Å². The summed E-state index contributed by atoms with van der Waals surface area (Å²) in [6.07, 6.45) is 4.66. The maximum absolute atomic E-state index is 12.0. The average molecular weight is 343 g/mol. The monoisotopic (exact) mass is 343 g/mol. The van der Waals surface area contributed by atoms with Crippen LogP contribution in [0.4, 0.5) is 0 Å². The van der Waals surface area contributed by atoms with Crippen molar-refractivity contribution in [2.75, 3.05) is 32.9 Å². The molecule has 8 heteroatoms. The lowest BCUT2D eigenvalue weighted by Crippen LogP contribution is -2.62. The maximum atomic E-state index is 12.0. The van der Waals surface area contributed by atoms with Crippen molar-refractivity contribution < 1.29 is 13.2 Å². The Morgan fingerprint density at radius 3 is 2.91 bits per heavy atom. The second kappa shape index (κ2) is 6.09. The zero-order chi connectivity index (χ0) is 15.8. The summed E-state index contributed by atoms with van der Waals surface area (Å²) in [5.74, 6) is 0.927. The fourth-order valence-electron chi connectivity index (χ4n) is 2.82. The number of hydrogen-bond acceptors (Lipinski definition) is 5. The van der Waals surface area contributed by atoms with Gasteiger partial charge < -0.3 is 4.74 Å². The summed E-state index contributed by atoms with van der Waals surface area (Å²) in [6, 6.07) is 3.90. The molecule has 0 bridgehead atoms. The third-order valence-corrected chi connectivity index (χ3v) is 7.51. The standard InChI is InChI=1S/C14H21N3O3S2/c1-16(2)22(18,19)17-10-14(11-17)6-13(9-21-14)20-8-12-4-3-5-15-7-12/h3-5,7,13H,6,8-11H2,1-2H3/t13-/m1/s1. The number of thioether (sulfide) groups is 1. The quantitative estimate of drug-likeness (QED) is 0.797. The highest BCUT2D eigenvalue weighted by atomic mass is 32.2. The molecular formula is C14H21N3O3S2. The Bertz CT molecular complexity index is 615. The Kier molecular flexibility index (Phi) is 4.48. The molecule has 0 radical (unpaired) electrons. The van der Waals surface area contributed by atoms with E-state index in [4.69, 9.17) is 4.74 Å². The number of rotatable bonds is 5. The molecule has 2 fully saturated rings. The molecule has 122 valence electrons. The van der Waals surface area contributed by atoms with Gasteiger partial charge in [0.15, 0.2) is 0 Å². The first-order valence-electron chi connectivity index (χ1n) is 7.23. The van der Waals surface area contributed by atoms with Crippen molar-refractivity contribution in [2.45, 2.75) is 23.9 Å². The predicted octanol–water partition coefficient (Wildman–Crippen LogP) is 0.965. The van der Waals surface area contributed by atoms with Gasteiger partial charge in [0, 0.05) is 50.1 Å². The SMILES string of the molecule is CN(C)S(=O)(=O)N1CC2(C[C@@H](OCc3cccnc3)CS2)C1. The molecule has 0 unspecified atom stereocenters. The number of ether oxygens (including phenoxy) is 1. The van der Waals surface area contributed by atoms with E-state index < -0.39 is 10.2 Å². The van der Waals surface area contributed by atoms with Crippen LogP contribution in [0, 0.1) is 0 Å². The molecule has 0 saturated carbocycles. The summed E-state index contributed by atoms with van der Waals surface area (Å²) in [5, 5.41) is 0. The number of nitrogens with zero attached hydrogens (tertiary/aromatic N) is 3. The van der Waals surface area contributed by atoms with Gasteiger partial charge in [-0.2, -0.15) is 17.0 Å². The van der Waals surface area contributed by atoms with Crippen LogP contribution >= 0.6 is 11.8 Å². The molecule has 1 spiro atoms. The molecule has 6 nitrogen and oxygen atoms in total. The highest BCUT2D eigenvalue weighted by Crippen LogP contribution is 2.47. The minimum Gasteiger partial charge on any atom is -0.373 e. The van der Waals surface area contributed by atoms with Crippen LogP contribution < -0.4 is 0 Å². The summed E-state index contributed by atoms with van der Waals surface area (Å²) in [5.41, 5.74) is 1.07. The molecule has 2 saturated heterocycles. The van der Waals surface area contributed by atoms with Gasteiger partial charge in [-0.1, -0.05) is 6.07 Å². The van der Waals surface area contributed by atoms with Crippen LogP contribution in [0.1, 0.15) is 12.0 Å². The lowest BCUT2D eigenvalue weighted by atomic mass is 9.95. The summed E-state index contributed by atoms with van der Waals surface area (Å²) >= 11 is 1.84. The van der Waals surface area contributed by atoms with E-state index in [9.17, 15) is 8.42 Å². The topological polar surface area (TPSA) is 62.7 Å². The molecule has 1 atom stereocenters. The van der Waals surface area contributed by atoms with Crippen molar-refractivity contribution in [3.05, 3.63) is 30.1 Å². The Hall–Kier alpha value is -0.670. The van der Waals surface area contributed by atoms with Gasteiger partial charge in [-0.3, -0.25) is 4.98 Å². The van der Waals surface area contributed by atoms with E-state index in [-0.39, 0.29) is 10.9 Å². The van der Waals surface area contributed by atoms with E-state index in [0.29, 0.717) is 19.7 Å². The Morgan fingerprint density at radius 2 is 2.27 bits per heavy atom. The first-order chi connectivity index (χ1) is 10.4. The molecule has 3 heterocycles. The number of hydrogen-bond donors (Lipinski definition) is 0. The van der Waals surface area contributed by atoms with Gasteiger partial charge >= 0.3 is 0 Å². The van der Waals surface area contributed by atoms with Gasteiger partial charge in [-0.05, 0) is 18.1 Å². The molecule has 0 N–H and O–H groups in total. The Morgan fingerprint density at radius 1 is 1.50 bits per heavy atom. The summed E-state index contributed by atoms with van der Waals surface area (Å²) in [6.45, 7) is 1.74. The largest absolute Gasteiger partial charge is 0.373 e. The fraction of sp³-hybridized carbons (Fsp3) is 0.643. The first kappa shape index (κ1) is 16.2. The summed E-state index contributed by atoms with van der Waals surface area (Å²) in [7, 11) is -0.129. The molecule has 0 aliphatic carbocycles. The van der Waals surface area contributed by atoms with Gasteiger partial charge in [0.1, 0.15) is 0 Å². The predicted molar refractivity (Wildman–Crippen MR) is 86.8 cm³/mol. The molecule has 22 heavy (non-hydrogen) atoms. The molecule has 0 amide bonds. The molecule has 1 aromatic rings. The van der Waals surface area contributed by atoms with Gasteiger partial charge in [-0.15, -0.1) is 11.8 Å². The molecule has 2 aliphatic rings. The lowest BCUT2D eigenvalue weighted by Gasteiger charge is -2.46. The minimum atomic E-state index is -3.27. The van der Waals surface area contributed by atoms with Crippen LogP contribution in [-0.4, -0.2) is 65.8 Å². The van der Waals surface area contributed by atoms with Gasteiger partial charge in [0.05, 0.1) is 12.7 Å². The second-order valence-corrected chi connectivity index (χ2v) is 9.68. The van der Waals surface area contributed by atoms with Gasteiger partial charge in [0.2, 0.25) is 0 Å². The summed E-state index contributed by atoms with van der Waals surface area (Å²) < 4.78 is 32.9. The number of aromatic nitrogens is 1. The van der Waals surface area contributed by atoms with Crippen LogP contribution in [-0.2, 0) is 21.6 Å². The zero-order valence-electron chi connectivity index (χ0n) is 12.8. The Balaban J connectivity index is 1.50. The van der Waals surface area contributed by atoms with Crippen molar-refractivity contribution in [3.8, 4) is 0 Å². The second-order valence-electron chi connectivity index (χ2n) is 6.05. The molecule has 1 aromatic heterocycles. The highest BCUT2D eigenvalue weighted by Gasteiger charge is 2.53. The molecular weight excluding hydrogens is 322 g/mol. The van der Waals surface area contributed by atoms with Crippen molar-refractivity contribution >= 4 is 22.0 Å². The van der Waals surface area contributed by atoms with Crippen molar-refractivity contribution in [1.29, 1.82) is 0 Å². The number of pyridine rings is 1. The van der Waals surface area contributed by atoms with E-state index in [1.165, 1.54) is 4.31 Å². The van der Waals surface area contributed by atoms with Crippen LogP contribution in [0.2, 0.25) is 0 Å². The van der Waals surface area contributed by atoms with Crippen LogP contribution in [0.15, 0.2) is 24.5 Å². The minimum absolute atomic E-state index is 0.0443. The fourth-order valence-corrected chi connectivity index (χ4v) is 5.82. The smallest absolute Gasteiger partial charge is 0.281 e. The molecule has 2 aliphatic heterocycles. The van der Waals surface area contributed by atoms with Crippen molar-refractivity contribution in [1.82, 2.24) is 13.6 Å². The van der Waals surface area contributed by atoms with Crippen LogP contribution in [0.5, 0.6) is 0 Å². The van der Waals surface area contributed by atoms with E-state index in [2.05, 4.69) is 4.98 Å². The van der Waals surface area contributed by atoms with E-state index in [1.54, 1.807) is 24.6 Å². The van der Waals surface area contributed by atoms with Crippen LogP contribution in [0.3, 0.4) is 0 Å². The van der Waals surface area contributed by atoms with E-state index in [1.807, 2.05) is 30.1 Å². The van der Waals surface area contributed by atoms with Crippen molar-refractivity contribution in [2.24, 2.45) is 0 Å². The highest BCUT2D eigenvalue weighted by molar-refractivity contribution is 8.01. The first-order valence-corrected chi connectivity index (χ1v) is 9.62.